The van der Waals surface area contributed by atoms with Gasteiger partial charge in [0.15, 0.2) is 0 Å². The molecule has 1 atom stereocenters. The molecule has 0 rings (SSSR count). The smallest absolute Gasteiger partial charge is 0.0922 e. The summed E-state index contributed by atoms with van der Waals surface area (Å²) in [6.07, 6.45) is 0. The normalized spacial score (nSPS) is 14.9. The first-order valence-corrected chi connectivity index (χ1v) is 4.85. The minimum absolute atomic E-state index is 0.106. The van der Waals surface area contributed by atoms with E-state index in [4.69, 9.17) is 28.5 Å². The van der Waals surface area contributed by atoms with E-state index in [2.05, 4.69) is 6.07 Å². The highest BCUT2D eigenvalue weighted by atomic mass is 35.5. The van der Waals surface area contributed by atoms with Crippen LogP contribution in [0.5, 0.6) is 0 Å². The summed E-state index contributed by atoms with van der Waals surface area (Å²) >= 11 is 10.9. The summed E-state index contributed by atoms with van der Waals surface area (Å²) in [6.45, 7) is 1.85. The van der Waals surface area contributed by atoms with Gasteiger partial charge in [0.25, 0.3) is 0 Å². The van der Waals surface area contributed by atoms with Crippen LogP contribution in [0.1, 0.15) is 6.92 Å². The van der Waals surface area contributed by atoms with Crippen LogP contribution in [0.2, 0.25) is 5.54 Å². The highest BCUT2D eigenvalue weighted by Gasteiger charge is 2.05. The average Bonchev–Trinajstić information content (AvgIpc) is 1.65. The van der Waals surface area contributed by atoms with Crippen LogP contribution in [0.15, 0.2) is 0 Å². The Kier molecular flexibility index (Phi) is 4.34. The number of nitriles is 1. The van der Waals surface area contributed by atoms with E-state index in [1.54, 1.807) is 0 Å². The van der Waals surface area contributed by atoms with Crippen LogP contribution >= 0.6 is 23.2 Å². The van der Waals surface area contributed by atoms with Crippen LogP contribution in [0.3, 0.4) is 0 Å². The lowest BCUT2D eigenvalue weighted by Crippen LogP contribution is -2.05. The second-order valence-corrected chi connectivity index (χ2v) is 6.48. The first-order valence-electron chi connectivity index (χ1n) is 2.34. The number of hydrogen-bond donors (Lipinski definition) is 0. The van der Waals surface area contributed by atoms with Crippen molar-refractivity contribution in [2.24, 2.45) is 0 Å². The molecular formula is C4H7Cl2NSi. The number of alkyl halides is 2. The Morgan fingerprint density at radius 1 is 1.62 bits per heavy atom. The van der Waals surface area contributed by atoms with Crippen molar-refractivity contribution in [3.63, 3.8) is 0 Å². The van der Waals surface area contributed by atoms with Crippen molar-refractivity contribution in [2.75, 3.05) is 0 Å². The molecule has 0 aromatic heterocycles. The van der Waals surface area contributed by atoms with Gasteiger partial charge in [0.1, 0.15) is 0 Å². The zero-order valence-corrected chi connectivity index (χ0v) is 7.49. The Morgan fingerprint density at radius 2 is 2.12 bits per heavy atom. The summed E-state index contributed by atoms with van der Waals surface area (Å²) in [7, 11) is -0.560. The van der Waals surface area contributed by atoms with Crippen molar-refractivity contribution >= 4 is 32.7 Å². The molecule has 1 unspecified atom stereocenters. The molecule has 0 aliphatic heterocycles. The summed E-state index contributed by atoms with van der Waals surface area (Å²) in [6, 6.07) is 2.09. The van der Waals surface area contributed by atoms with Gasteiger partial charge in [0.2, 0.25) is 0 Å². The fraction of sp³-hybridized carbons (Fsp3) is 0.750. The highest BCUT2D eigenvalue weighted by molar-refractivity contribution is 6.69. The van der Waals surface area contributed by atoms with Crippen molar-refractivity contribution in [2.45, 2.75) is 16.9 Å². The number of halogens is 2. The van der Waals surface area contributed by atoms with Gasteiger partial charge in [-0.3, -0.25) is 0 Å². The lowest BCUT2D eigenvalue weighted by molar-refractivity contribution is 1.18. The molecule has 0 amide bonds. The Bertz CT molecular complexity index is 98.7. The fourth-order valence-corrected chi connectivity index (χ4v) is 2.56. The largest absolute Gasteiger partial charge is 0.198 e. The van der Waals surface area contributed by atoms with E-state index in [9.17, 15) is 0 Å². The molecule has 46 valence electrons. The van der Waals surface area contributed by atoms with Crippen molar-refractivity contribution in [3.8, 4) is 6.07 Å². The monoisotopic (exact) mass is 167 g/mol. The lowest BCUT2D eigenvalue weighted by atomic mass is 10.5. The van der Waals surface area contributed by atoms with E-state index in [0.29, 0.717) is 0 Å². The molecule has 0 aromatic carbocycles. The molecule has 0 N–H and O–H groups in total. The molecule has 0 saturated carbocycles. The number of hydrogen-bond acceptors (Lipinski definition) is 1. The van der Waals surface area contributed by atoms with Gasteiger partial charge in [-0.15, -0.1) is 23.2 Å². The minimum atomic E-state index is -0.560. The zero-order valence-electron chi connectivity index (χ0n) is 4.56. The van der Waals surface area contributed by atoms with E-state index in [-0.39, 0.29) is 10.0 Å². The van der Waals surface area contributed by atoms with Gasteiger partial charge in [-0.05, 0) is 0 Å². The minimum Gasteiger partial charge on any atom is -0.198 e. The standard InChI is InChI=1S/C4H7Cl2NSi/c1-3(2-7)8-4(5)6/h3-4H,8H2,1H3. The van der Waals surface area contributed by atoms with Crippen LogP contribution in [0, 0.1) is 11.3 Å². The van der Waals surface area contributed by atoms with Crippen molar-refractivity contribution in [1.29, 1.82) is 5.26 Å². The molecule has 4 heteroatoms. The Balaban J connectivity index is 3.28. The third-order valence-corrected chi connectivity index (χ3v) is 3.07. The summed E-state index contributed by atoms with van der Waals surface area (Å²) in [5, 5.41) is 8.25. The SMILES string of the molecule is CC(C#N)[SiH2]C(Cl)Cl. The van der Waals surface area contributed by atoms with Crippen LogP contribution in [-0.2, 0) is 0 Å². The van der Waals surface area contributed by atoms with Gasteiger partial charge >= 0.3 is 0 Å². The maximum absolute atomic E-state index is 8.25. The predicted molar refractivity (Wildman–Crippen MR) is 39.1 cm³/mol. The molecule has 0 heterocycles. The molecule has 0 aromatic rings. The summed E-state index contributed by atoms with van der Waals surface area (Å²) in [4.78, 5) is 0. The van der Waals surface area contributed by atoms with Gasteiger partial charge in [-0.25, -0.2) is 0 Å². The molecule has 8 heavy (non-hydrogen) atoms. The molecule has 0 aliphatic rings. The van der Waals surface area contributed by atoms with Gasteiger partial charge in [0.05, 0.1) is 20.0 Å². The topological polar surface area (TPSA) is 23.8 Å². The van der Waals surface area contributed by atoms with E-state index in [1.807, 2.05) is 6.92 Å². The third-order valence-electron chi connectivity index (χ3n) is 0.752. The van der Waals surface area contributed by atoms with Crippen LogP contribution in [0.4, 0.5) is 0 Å². The summed E-state index contributed by atoms with van der Waals surface area (Å²) in [5.74, 6) is 0. The molecule has 0 aliphatic carbocycles. The van der Waals surface area contributed by atoms with Gasteiger partial charge in [0, 0.05) is 5.54 Å². The van der Waals surface area contributed by atoms with Crippen molar-refractivity contribution in [1.82, 2.24) is 0 Å². The van der Waals surface area contributed by atoms with E-state index in [0.717, 1.165) is 0 Å². The molecular weight excluding hydrogens is 161 g/mol. The molecule has 0 saturated heterocycles. The van der Waals surface area contributed by atoms with Crippen LogP contribution in [0.25, 0.3) is 0 Å². The maximum atomic E-state index is 8.25. The maximum Gasteiger partial charge on any atom is 0.0922 e. The van der Waals surface area contributed by atoms with Crippen LogP contribution in [-0.4, -0.2) is 14.0 Å². The Labute approximate surface area is 61.4 Å². The Morgan fingerprint density at radius 3 is 2.25 bits per heavy atom. The second kappa shape index (κ2) is 4.19. The highest BCUT2D eigenvalue weighted by Crippen LogP contribution is 2.07. The van der Waals surface area contributed by atoms with Crippen LogP contribution < -0.4 is 0 Å². The van der Waals surface area contributed by atoms with Gasteiger partial charge < -0.3 is 0 Å². The molecule has 0 spiro atoms. The number of rotatable bonds is 2. The Hall–Kier alpha value is 0.287. The first-order chi connectivity index (χ1) is 3.66. The van der Waals surface area contributed by atoms with E-state index in [1.165, 1.54) is 0 Å². The van der Waals surface area contributed by atoms with Gasteiger partial charge in [-0.1, -0.05) is 6.92 Å². The summed E-state index contributed by atoms with van der Waals surface area (Å²) < 4.78 is -0.260. The summed E-state index contributed by atoms with van der Waals surface area (Å²) in [5.41, 5.74) is 0.106. The quantitative estimate of drug-likeness (QED) is 0.449. The van der Waals surface area contributed by atoms with Gasteiger partial charge in [-0.2, -0.15) is 5.26 Å². The molecule has 1 nitrogen and oxygen atoms in total. The number of nitrogens with zero attached hydrogens (tertiary/aromatic N) is 1. The van der Waals surface area contributed by atoms with Crippen molar-refractivity contribution in [3.05, 3.63) is 0 Å². The molecule has 0 bridgehead atoms. The first kappa shape index (κ1) is 8.29. The van der Waals surface area contributed by atoms with E-state index >= 15 is 0 Å². The molecule has 0 radical (unpaired) electrons. The third kappa shape index (κ3) is 4.45. The predicted octanol–water partition coefficient (Wildman–Crippen LogP) is 1.25. The zero-order chi connectivity index (χ0) is 6.57. The lowest BCUT2D eigenvalue weighted by Gasteiger charge is -1.97. The second-order valence-electron chi connectivity index (χ2n) is 1.66. The van der Waals surface area contributed by atoms with Crippen molar-refractivity contribution < 1.29 is 0 Å². The van der Waals surface area contributed by atoms with E-state index < -0.39 is 9.52 Å². The average molecular weight is 168 g/mol. The molecule has 0 fully saturated rings. The fourth-order valence-electron chi connectivity index (χ4n) is 0.320.